The number of piperidine rings is 1. The molecule has 0 spiro atoms. The van der Waals surface area contributed by atoms with Gasteiger partial charge in [0.05, 0.1) is 0 Å². The van der Waals surface area contributed by atoms with Crippen LogP contribution >= 0.6 is 11.6 Å². The maximum Gasteiger partial charge on any atom is 0.154 e. The second-order valence-corrected chi connectivity index (χ2v) is 5.34. The van der Waals surface area contributed by atoms with E-state index in [1.165, 1.54) is 12.8 Å². The van der Waals surface area contributed by atoms with E-state index in [4.69, 9.17) is 11.6 Å². The fourth-order valence-corrected chi connectivity index (χ4v) is 3.04. The number of aromatic nitrogens is 2. The lowest BCUT2D eigenvalue weighted by atomic mass is 9.93. The zero-order valence-electron chi connectivity index (χ0n) is 9.99. The third-order valence-electron chi connectivity index (χ3n) is 3.94. The summed E-state index contributed by atoms with van der Waals surface area (Å²) in [5.41, 5.74) is 1.00. The highest BCUT2D eigenvalue weighted by Crippen LogP contribution is 2.32. The number of halogens is 1. The molecule has 3 heterocycles. The Morgan fingerprint density at radius 1 is 1.41 bits per heavy atom. The van der Waals surface area contributed by atoms with Gasteiger partial charge >= 0.3 is 0 Å². The van der Waals surface area contributed by atoms with Crippen LogP contribution in [-0.4, -0.2) is 35.9 Å². The summed E-state index contributed by atoms with van der Waals surface area (Å²) in [7, 11) is 0. The van der Waals surface area contributed by atoms with Crippen molar-refractivity contribution in [3.05, 3.63) is 16.8 Å². The van der Waals surface area contributed by atoms with Crippen LogP contribution in [0.25, 0.3) is 0 Å². The molecule has 1 aromatic heterocycles. The first-order valence-electron chi connectivity index (χ1n) is 6.23. The summed E-state index contributed by atoms with van der Waals surface area (Å²) >= 11 is 5.92. The van der Waals surface area contributed by atoms with Crippen LogP contribution in [0.15, 0.2) is 6.07 Å². The molecule has 5 heteroatoms. The zero-order valence-corrected chi connectivity index (χ0v) is 10.7. The number of nitrogens with zero attached hydrogens (tertiary/aromatic N) is 3. The molecule has 2 saturated heterocycles. The second-order valence-electron chi connectivity index (χ2n) is 4.98. The number of hydrogen-bond acceptors (Lipinski definition) is 4. The summed E-state index contributed by atoms with van der Waals surface area (Å²) in [6.45, 7) is 5.29. The minimum absolute atomic E-state index is 0.506. The molecule has 0 bridgehead atoms. The van der Waals surface area contributed by atoms with Crippen LogP contribution in [0.2, 0.25) is 5.15 Å². The van der Waals surface area contributed by atoms with Crippen LogP contribution in [-0.2, 0) is 0 Å². The molecule has 0 saturated carbocycles. The van der Waals surface area contributed by atoms with E-state index in [9.17, 15) is 0 Å². The maximum absolute atomic E-state index is 5.92. The van der Waals surface area contributed by atoms with E-state index < -0.39 is 0 Å². The van der Waals surface area contributed by atoms with Gasteiger partial charge in [-0.25, -0.2) is 0 Å². The van der Waals surface area contributed by atoms with E-state index in [0.29, 0.717) is 11.2 Å². The van der Waals surface area contributed by atoms with Gasteiger partial charge in [0.25, 0.3) is 0 Å². The molecule has 4 nitrogen and oxygen atoms in total. The van der Waals surface area contributed by atoms with Crippen molar-refractivity contribution < 1.29 is 0 Å². The lowest BCUT2D eigenvalue weighted by Crippen LogP contribution is -2.46. The topological polar surface area (TPSA) is 41.0 Å². The number of rotatable bonds is 1. The number of aryl methyl sites for hydroxylation is 1. The van der Waals surface area contributed by atoms with E-state index in [1.54, 1.807) is 0 Å². The molecule has 2 fully saturated rings. The van der Waals surface area contributed by atoms with E-state index >= 15 is 0 Å². The molecule has 17 heavy (non-hydrogen) atoms. The Morgan fingerprint density at radius 3 is 3.12 bits per heavy atom. The zero-order chi connectivity index (χ0) is 11.8. The molecule has 3 rings (SSSR count). The average Bonchev–Trinajstić information content (AvgIpc) is 2.76. The molecule has 2 atom stereocenters. The summed E-state index contributed by atoms with van der Waals surface area (Å²) in [5.74, 6) is 1.79. The molecule has 2 aliphatic rings. The fraction of sp³-hybridized carbons (Fsp3) is 0.667. The van der Waals surface area contributed by atoms with Crippen molar-refractivity contribution in [3.8, 4) is 0 Å². The van der Waals surface area contributed by atoms with Crippen LogP contribution in [0.1, 0.15) is 18.4 Å². The van der Waals surface area contributed by atoms with E-state index in [0.717, 1.165) is 36.9 Å². The highest BCUT2D eigenvalue weighted by molar-refractivity contribution is 6.30. The van der Waals surface area contributed by atoms with Crippen molar-refractivity contribution >= 4 is 17.4 Å². The largest absolute Gasteiger partial charge is 0.351 e. The number of nitrogens with one attached hydrogen (secondary N) is 1. The van der Waals surface area contributed by atoms with Gasteiger partial charge < -0.3 is 10.2 Å². The highest BCUT2D eigenvalue weighted by Gasteiger charge is 2.36. The lowest BCUT2D eigenvalue weighted by molar-refractivity contribution is 0.358. The minimum atomic E-state index is 0.506. The molecule has 1 aromatic rings. The van der Waals surface area contributed by atoms with Gasteiger partial charge in [0.15, 0.2) is 11.0 Å². The van der Waals surface area contributed by atoms with Crippen molar-refractivity contribution in [2.75, 3.05) is 24.5 Å². The molecule has 0 aromatic carbocycles. The summed E-state index contributed by atoms with van der Waals surface area (Å²) in [6, 6.07) is 2.63. The van der Waals surface area contributed by atoms with Gasteiger partial charge in [-0.2, -0.15) is 0 Å². The van der Waals surface area contributed by atoms with Crippen LogP contribution in [0.5, 0.6) is 0 Å². The van der Waals surface area contributed by atoms with Gasteiger partial charge in [-0.05, 0) is 43.9 Å². The van der Waals surface area contributed by atoms with Gasteiger partial charge in [0.2, 0.25) is 0 Å². The first-order chi connectivity index (χ1) is 8.25. The Labute approximate surface area is 106 Å². The van der Waals surface area contributed by atoms with Gasteiger partial charge in [-0.3, -0.25) is 0 Å². The van der Waals surface area contributed by atoms with Crippen LogP contribution in [0, 0.1) is 12.8 Å². The van der Waals surface area contributed by atoms with E-state index in [2.05, 4.69) is 20.4 Å². The van der Waals surface area contributed by atoms with Crippen molar-refractivity contribution in [1.82, 2.24) is 15.5 Å². The molecule has 2 aliphatic heterocycles. The van der Waals surface area contributed by atoms with Crippen LogP contribution < -0.4 is 10.2 Å². The molecular formula is C12H17ClN4. The standard InChI is InChI=1S/C12H17ClN4/c1-8-6-11(15-16-12(8)13)17-5-3-9-2-4-14-7-10(9)17/h6,9-10,14H,2-5,7H2,1H3/t9-,10-/m0/s1. The minimum Gasteiger partial charge on any atom is -0.351 e. The smallest absolute Gasteiger partial charge is 0.154 e. The normalized spacial score (nSPS) is 28.2. The molecule has 0 amide bonds. The summed E-state index contributed by atoms with van der Waals surface area (Å²) in [4.78, 5) is 2.38. The fourth-order valence-electron chi connectivity index (χ4n) is 2.95. The monoisotopic (exact) mass is 252 g/mol. The van der Waals surface area contributed by atoms with Gasteiger partial charge in [0.1, 0.15) is 0 Å². The van der Waals surface area contributed by atoms with Gasteiger partial charge in [-0.1, -0.05) is 11.6 Å². The molecule has 0 unspecified atom stereocenters. The first-order valence-corrected chi connectivity index (χ1v) is 6.60. The maximum atomic E-state index is 5.92. The lowest BCUT2D eigenvalue weighted by Gasteiger charge is -2.32. The SMILES string of the molecule is Cc1cc(N2CC[C@@H]3CCNC[C@@H]32)nnc1Cl. The van der Waals surface area contributed by atoms with E-state index in [-0.39, 0.29) is 0 Å². The predicted molar refractivity (Wildman–Crippen MR) is 68.5 cm³/mol. The molecule has 0 radical (unpaired) electrons. The van der Waals surface area contributed by atoms with E-state index in [1.807, 2.05) is 13.0 Å². The summed E-state index contributed by atoms with van der Waals surface area (Å²) in [6.07, 6.45) is 2.55. The van der Waals surface area contributed by atoms with Gasteiger partial charge in [0, 0.05) is 19.1 Å². The van der Waals surface area contributed by atoms with Crippen LogP contribution in [0.3, 0.4) is 0 Å². The third-order valence-corrected chi connectivity index (χ3v) is 4.31. The predicted octanol–water partition coefficient (Wildman–Crippen LogP) is 1.63. The highest BCUT2D eigenvalue weighted by atomic mass is 35.5. The van der Waals surface area contributed by atoms with Crippen LogP contribution in [0.4, 0.5) is 5.82 Å². The first kappa shape index (κ1) is 11.2. The Hall–Kier alpha value is -0.870. The summed E-state index contributed by atoms with van der Waals surface area (Å²) in [5, 5.41) is 12.2. The van der Waals surface area contributed by atoms with Crippen molar-refractivity contribution in [1.29, 1.82) is 0 Å². The third kappa shape index (κ3) is 2.00. The number of anilines is 1. The Bertz CT molecular complexity index is 423. The Morgan fingerprint density at radius 2 is 2.29 bits per heavy atom. The molecule has 92 valence electrons. The number of fused-ring (bicyclic) bond motifs is 1. The van der Waals surface area contributed by atoms with Crippen molar-refractivity contribution in [3.63, 3.8) is 0 Å². The molecular weight excluding hydrogens is 236 g/mol. The number of hydrogen-bond donors (Lipinski definition) is 1. The van der Waals surface area contributed by atoms with Crippen molar-refractivity contribution in [2.24, 2.45) is 5.92 Å². The molecule has 1 N–H and O–H groups in total. The molecule has 0 aliphatic carbocycles. The van der Waals surface area contributed by atoms with Crippen molar-refractivity contribution in [2.45, 2.75) is 25.8 Å². The Balaban J connectivity index is 1.86. The van der Waals surface area contributed by atoms with Gasteiger partial charge in [-0.15, -0.1) is 10.2 Å². The summed E-state index contributed by atoms with van der Waals surface area (Å²) < 4.78 is 0. The second kappa shape index (κ2) is 4.42. The Kier molecular flexibility index (Phi) is 2.92. The quantitative estimate of drug-likeness (QED) is 0.825. The average molecular weight is 253 g/mol.